The molecule has 108 valence electrons. The fourth-order valence-corrected chi connectivity index (χ4v) is 2.38. The summed E-state index contributed by atoms with van der Waals surface area (Å²) in [6, 6.07) is 5.04. The third-order valence-corrected chi connectivity index (χ3v) is 3.57. The van der Waals surface area contributed by atoms with Crippen molar-refractivity contribution in [2.24, 2.45) is 0 Å². The number of nitrogens with zero attached hydrogens (tertiary/aromatic N) is 1. The summed E-state index contributed by atoms with van der Waals surface area (Å²) in [6.45, 7) is 4.79. The van der Waals surface area contributed by atoms with Crippen LogP contribution in [0.15, 0.2) is 18.2 Å². The predicted molar refractivity (Wildman–Crippen MR) is 76.6 cm³/mol. The zero-order valence-electron chi connectivity index (χ0n) is 11.9. The van der Waals surface area contributed by atoms with Gasteiger partial charge in [-0.1, -0.05) is 0 Å². The van der Waals surface area contributed by atoms with Gasteiger partial charge >= 0.3 is 5.97 Å². The molecule has 1 fully saturated rings. The van der Waals surface area contributed by atoms with Crippen molar-refractivity contribution >= 4 is 23.3 Å². The van der Waals surface area contributed by atoms with Crippen LogP contribution in [0.25, 0.3) is 0 Å². The normalized spacial score (nSPS) is 17.6. The lowest BCUT2D eigenvalue weighted by molar-refractivity contribution is -0.126. The molecule has 1 amide bonds. The minimum absolute atomic E-state index is 0.0728. The van der Waals surface area contributed by atoms with Gasteiger partial charge in [-0.05, 0) is 32.0 Å². The number of anilines is 2. The van der Waals surface area contributed by atoms with E-state index in [1.807, 2.05) is 18.7 Å². The average molecular weight is 277 g/mol. The van der Waals surface area contributed by atoms with E-state index in [-0.39, 0.29) is 5.91 Å². The summed E-state index contributed by atoms with van der Waals surface area (Å²) < 4.78 is 4.80. The summed E-state index contributed by atoms with van der Waals surface area (Å²) in [4.78, 5) is 25.8. The number of benzene rings is 1. The Morgan fingerprint density at radius 3 is 2.80 bits per heavy atom. The molecule has 0 atom stereocenters. The van der Waals surface area contributed by atoms with E-state index in [2.05, 4.69) is 5.32 Å². The van der Waals surface area contributed by atoms with Crippen molar-refractivity contribution < 1.29 is 14.3 Å². The van der Waals surface area contributed by atoms with Crippen LogP contribution in [0.4, 0.5) is 11.4 Å². The molecule has 0 aromatic heterocycles. The first kappa shape index (κ1) is 14.2. The molecule has 0 saturated carbocycles. The Labute approximate surface area is 117 Å². The van der Waals surface area contributed by atoms with Crippen LogP contribution < -0.4 is 16.0 Å². The maximum Gasteiger partial charge on any atom is 0.340 e. The van der Waals surface area contributed by atoms with E-state index in [0.717, 1.165) is 0 Å². The van der Waals surface area contributed by atoms with E-state index >= 15 is 0 Å². The fourth-order valence-electron chi connectivity index (χ4n) is 2.38. The topological polar surface area (TPSA) is 84.7 Å². The van der Waals surface area contributed by atoms with Gasteiger partial charge in [-0.25, -0.2) is 4.79 Å². The highest BCUT2D eigenvalue weighted by molar-refractivity contribution is 5.99. The first-order chi connectivity index (χ1) is 9.37. The predicted octanol–water partition coefficient (Wildman–Crippen LogP) is 0.770. The lowest BCUT2D eigenvalue weighted by atomic mass is 9.96. The summed E-state index contributed by atoms with van der Waals surface area (Å²) in [6.07, 6.45) is 0. The van der Waals surface area contributed by atoms with Crippen LogP contribution in [0.1, 0.15) is 24.2 Å². The maximum absolute atomic E-state index is 12.0. The molecule has 1 aliphatic rings. The van der Waals surface area contributed by atoms with E-state index in [1.54, 1.807) is 18.2 Å². The highest BCUT2D eigenvalue weighted by Gasteiger charge is 2.39. The highest BCUT2D eigenvalue weighted by atomic mass is 16.5. The molecule has 6 nitrogen and oxygen atoms in total. The van der Waals surface area contributed by atoms with Crippen LogP contribution in [0.3, 0.4) is 0 Å². The van der Waals surface area contributed by atoms with Crippen LogP contribution >= 0.6 is 0 Å². The molecule has 2 rings (SSSR count). The molecule has 3 N–H and O–H groups in total. The number of nitrogens with two attached hydrogens (primary N) is 1. The second-order valence-electron chi connectivity index (χ2n) is 5.23. The molecular weight excluding hydrogens is 258 g/mol. The molecule has 1 aromatic carbocycles. The minimum atomic E-state index is -0.739. The van der Waals surface area contributed by atoms with Gasteiger partial charge in [-0.3, -0.25) is 4.79 Å². The van der Waals surface area contributed by atoms with E-state index in [4.69, 9.17) is 10.5 Å². The Morgan fingerprint density at radius 2 is 2.15 bits per heavy atom. The first-order valence-electron chi connectivity index (χ1n) is 6.41. The van der Waals surface area contributed by atoms with Gasteiger partial charge in [-0.2, -0.15) is 0 Å². The molecule has 1 heterocycles. The second kappa shape index (κ2) is 5.03. The number of methoxy groups -OCH3 is 1. The quantitative estimate of drug-likeness (QED) is 0.616. The monoisotopic (exact) mass is 277 g/mol. The molecule has 20 heavy (non-hydrogen) atoms. The van der Waals surface area contributed by atoms with Gasteiger partial charge in [0.05, 0.1) is 18.4 Å². The first-order valence-corrected chi connectivity index (χ1v) is 6.41. The van der Waals surface area contributed by atoms with Crippen molar-refractivity contribution in [3.8, 4) is 0 Å². The van der Waals surface area contributed by atoms with E-state index in [0.29, 0.717) is 30.0 Å². The Balaban J connectivity index is 2.51. The highest BCUT2D eigenvalue weighted by Crippen LogP contribution is 2.31. The average Bonchev–Trinajstić information content (AvgIpc) is 2.41. The van der Waals surface area contributed by atoms with Crippen molar-refractivity contribution in [3.63, 3.8) is 0 Å². The Kier molecular flexibility index (Phi) is 3.57. The Hall–Kier alpha value is -2.24. The fraction of sp³-hybridized carbons (Fsp3) is 0.429. The van der Waals surface area contributed by atoms with E-state index < -0.39 is 11.5 Å². The van der Waals surface area contributed by atoms with Gasteiger partial charge in [0.15, 0.2) is 0 Å². The van der Waals surface area contributed by atoms with E-state index in [1.165, 1.54) is 7.11 Å². The second-order valence-corrected chi connectivity index (χ2v) is 5.23. The summed E-state index contributed by atoms with van der Waals surface area (Å²) in [7, 11) is 1.32. The van der Waals surface area contributed by atoms with Crippen LogP contribution in [0.2, 0.25) is 0 Å². The maximum atomic E-state index is 12.0. The van der Waals surface area contributed by atoms with Crippen molar-refractivity contribution in [3.05, 3.63) is 23.8 Å². The van der Waals surface area contributed by atoms with Crippen molar-refractivity contribution in [1.82, 2.24) is 5.32 Å². The van der Waals surface area contributed by atoms with Crippen LogP contribution in [0.5, 0.6) is 0 Å². The molecule has 0 aliphatic carbocycles. The van der Waals surface area contributed by atoms with Crippen molar-refractivity contribution in [2.75, 3.05) is 30.8 Å². The smallest absolute Gasteiger partial charge is 0.340 e. The number of hydrogen-bond acceptors (Lipinski definition) is 5. The van der Waals surface area contributed by atoms with Gasteiger partial charge in [0, 0.05) is 18.8 Å². The number of nitrogen functional groups attached to an aromatic ring is 1. The molecule has 1 saturated heterocycles. The molecule has 6 heteroatoms. The summed E-state index contributed by atoms with van der Waals surface area (Å²) in [5.41, 5.74) is 6.51. The van der Waals surface area contributed by atoms with Crippen molar-refractivity contribution in [1.29, 1.82) is 0 Å². The molecule has 1 aliphatic heterocycles. The van der Waals surface area contributed by atoms with Gasteiger partial charge in [-0.15, -0.1) is 0 Å². The lowest BCUT2D eigenvalue weighted by Gasteiger charge is -2.43. The number of hydrogen-bond donors (Lipinski definition) is 2. The van der Waals surface area contributed by atoms with Gasteiger partial charge in [0.25, 0.3) is 0 Å². The third-order valence-electron chi connectivity index (χ3n) is 3.57. The molecule has 0 unspecified atom stereocenters. The Bertz CT molecular complexity index is 555. The van der Waals surface area contributed by atoms with Crippen LogP contribution in [0, 0.1) is 0 Å². The van der Waals surface area contributed by atoms with Gasteiger partial charge in [0.2, 0.25) is 5.91 Å². The number of carbonyl (C=O) groups is 2. The number of nitrogens with one attached hydrogen (secondary N) is 1. The zero-order chi connectivity index (χ0) is 14.9. The third kappa shape index (κ3) is 2.29. The number of piperazine rings is 1. The number of amides is 1. The SMILES string of the molecule is COC(=O)c1cc(N)ccc1N1CCNC(=O)C1(C)C. The summed E-state index contributed by atoms with van der Waals surface area (Å²) >= 11 is 0. The summed E-state index contributed by atoms with van der Waals surface area (Å²) in [5, 5.41) is 2.82. The molecule has 0 radical (unpaired) electrons. The zero-order valence-corrected chi connectivity index (χ0v) is 11.9. The van der Waals surface area contributed by atoms with Crippen LogP contribution in [-0.2, 0) is 9.53 Å². The molecule has 0 bridgehead atoms. The number of esters is 1. The summed E-state index contributed by atoms with van der Waals surface area (Å²) in [5.74, 6) is -0.537. The van der Waals surface area contributed by atoms with Gasteiger partial charge < -0.3 is 20.7 Å². The minimum Gasteiger partial charge on any atom is -0.465 e. The standard InChI is InChI=1S/C14H19N3O3/c1-14(2)13(19)16-6-7-17(14)11-5-4-9(15)8-10(11)12(18)20-3/h4-5,8H,6-7,15H2,1-3H3,(H,16,19). The number of rotatable bonds is 2. The molecule has 1 aromatic rings. The lowest BCUT2D eigenvalue weighted by Crippen LogP contribution is -2.62. The molecule has 0 spiro atoms. The molecular formula is C14H19N3O3. The van der Waals surface area contributed by atoms with Gasteiger partial charge in [0.1, 0.15) is 5.54 Å². The largest absolute Gasteiger partial charge is 0.465 e. The number of carbonyl (C=O) groups excluding carboxylic acids is 2. The Morgan fingerprint density at radius 1 is 1.45 bits per heavy atom. The van der Waals surface area contributed by atoms with Crippen LogP contribution in [-0.4, -0.2) is 37.6 Å². The van der Waals surface area contributed by atoms with Crippen molar-refractivity contribution in [2.45, 2.75) is 19.4 Å². The number of ether oxygens (including phenoxy) is 1. The van der Waals surface area contributed by atoms with E-state index in [9.17, 15) is 9.59 Å².